The van der Waals surface area contributed by atoms with E-state index >= 15 is 0 Å². The first-order valence-corrected chi connectivity index (χ1v) is 8.25. The predicted molar refractivity (Wildman–Crippen MR) is 93.5 cm³/mol. The van der Waals surface area contributed by atoms with Crippen molar-refractivity contribution in [1.29, 1.82) is 0 Å². The molecule has 0 aliphatic heterocycles. The van der Waals surface area contributed by atoms with E-state index in [2.05, 4.69) is 24.1 Å². The van der Waals surface area contributed by atoms with Crippen molar-refractivity contribution in [2.24, 2.45) is 5.92 Å². The van der Waals surface area contributed by atoms with E-state index < -0.39 is 0 Å². The van der Waals surface area contributed by atoms with Crippen LogP contribution in [0.1, 0.15) is 39.7 Å². The molecule has 0 aliphatic carbocycles. The summed E-state index contributed by atoms with van der Waals surface area (Å²) >= 11 is 0. The molecule has 1 N–H and O–H groups in total. The number of methoxy groups -OCH3 is 2. The molecule has 0 saturated carbocycles. The molecule has 0 bridgehead atoms. The van der Waals surface area contributed by atoms with Crippen LogP contribution in [-0.2, 0) is 16.0 Å². The summed E-state index contributed by atoms with van der Waals surface area (Å²) in [6, 6.07) is 1.93. The molecule has 1 unspecified atom stereocenters. The van der Waals surface area contributed by atoms with Crippen molar-refractivity contribution < 1.29 is 19.0 Å². The summed E-state index contributed by atoms with van der Waals surface area (Å²) in [5.41, 5.74) is 0.637. The normalized spacial score (nSPS) is 13.5. The number of carbonyl (C=O) groups excluding carboxylic acids is 1. The first-order chi connectivity index (χ1) is 11.3. The van der Waals surface area contributed by atoms with Gasteiger partial charge in [0.15, 0.2) is 5.75 Å². The summed E-state index contributed by atoms with van der Waals surface area (Å²) in [7, 11) is 3.23. The van der Waals surface area contributed by atoms with Gasteiger partial charge in [-0.05, 0) is 30.9 Å². The zero-order valence-electron chi connectivity index (χ0n) is 15.6. The molecule has 136 valence electrons. The first-order valence-electron chi connectivity index (χ1n) is 8.25. The van der Waals surface area contributed by atoms with E-state index in [1.165, 1.54) is 6.92 Å². The Morgan fingerprint density at radius 2 is 2.04 bits per heavy atom. The SMILES string of the molecule is COCCCOc1cc(CC(C)(NC(C)=O)C(C)C)cnc1OC. The van der Waals surface area contributed by atoms with Gasteiger partial charge in [-0.2, -0.15) is 0 Å². The monoisotopic (exact) mass is 338 g/mol. The number of nitrogens with zero attached hydrogens (tertiary/aromatic N) is 1. The third-order valence-corrected chi connectivity index (χ3v) is 4.13. The molecular weight excluding hydrogens is 308 g/mol. The van der Waals surface area contributed by atoms with Crippen LogP contribution >= 0.6 is 0 Å². The van der Waals surface area contributed by atoms with Gasteiger partial charge in [0.05, 0.1) is 13.7 Å². The fourth-order valence-electron chi connectivity index (χ4n) is 2.43. The number of ether oxygens (including phenoxy) is 3. The number of hydrogen-bond donors (Lipinski definition) is 1. The lowest BCUT2D eigenvalue weighted by molar-refractivity contribution is -0.121. The minimum atomic E-state index is -0.352. The Bertz CT molecular complexity index is 534. The van der Waals surface area contributed by atoms with Crippen LogP contribution in [0.15, 0.2) is 12.3 Å². The van der Waals surface area contributed by atoms with E-state index in [-0.39, 0.29) is 17.4 Å². The summed E-state index contributed by atoms with van der Waals surface area (Å²) in [5, 5.41) is 3.06. The molecule has 1 amide bonds. The van der Waals surface area contributed by atoms with E-state index in [0.717, 1.165) is 12.0 Å². The van der Waals surface area contributed by atoms with Crippen LogP contribution in [0.25, 0.3) is 0 Å². The minimum Gasteiger partial charge on any atom is -0.488 e. The average Bonchev–Trinajstić information content (AvgIpc) is 2.51. The Hall–Kier alpha value is -1.82. The fraction of sp³-hybridized carbons (Fsp3) is 0.667. The molecule has 6 heteroatoms. The van der Waals surface area contributed by atoms with Crippen LogP contribution in [0.4, 0.5) is 0 Å². The van der Waals surface area contributed by atoms with Crippen LogP contribution in [0.2, 0.25) is 0 Å². The lowest BCUT2D eigenvalue weighted by Crippen LogP contribution is -2.50. The number of aromatic nitrogens is 1. The number of nitrogens with one attached hydrogen (secondary N) is 1. The highest BCUT2D eigenvalue weighted by molar-refractivity contribution is 5.73. The van der Waals surface area contributed by atoms with E-state index in [1.807, 2.05) is 13.0 Å². The van der Waals surface area contributed by atoms with Crippen LogP contribution in [-0.4, -0.2) is 43.9 Å². The van der Waals surface area contributed by atoms with Crippen LogP contribution in [0, 0.1) is 5.92 Å². The summed E-state index contributed by atoms with van der Waals surface area (Å²) in [6.45, 7) is 8.94. The lowest BCUT2D eigenvalue weighted by Gasteiger charge is -2.34. The maximum Gasteiger partial charge on any atom is 0.256 e. The zero-order chi connectivity index (χ0) is 18.2. The number of rotatable bonds is 10. The fourth-order valence-corrected chi connectivity index (χ4v) is 2.43. The van der Waals surface area contributed by atoms with Gasteiger partial charge in [-0.15, -0.1) is 0 Å². The largest absolute Gasteiger partial charge is 0.488 e. The molecule has 1 rings (SSSR count). The second-order valence-electron chi connectivity index (χ2n) is 6.48. The van der Waals surface area contributed by atoms with Crippen molar-refractivity contribution in [1.82, 2.24) is 10.3 Å². The average molecular weight is 338 g/mol. The molecule has 1 heterocycles. The highest BCUT2D eigenvalue weighted by Crippen LogP contribution is 2.29. The van der Waals surface area contributed by atoms with Crippen molar-refractivity contribution in [2.75, 3.05) is 27.4 Å². The van der Waals surface area contributed by atoms with E-state index in [1.54, 1.807) is 20.4 Å². The Morgan fingerprint density at radius 1 is 1.33 bits per heavy atom. The Kier molecular flexibility index (Phi) is 7.98. The number of carbonyl (C=O) groups is 1. The van der Waals surface area contributed by atoms with Crippen molar-refractivity contribution in [3.05, 3.63) is 17.8 Å². The molecule has 1 aromatic heterocycles. The van der Waals surface area contributed by atoms with E-state index in [9.17, 15) is 4.79 Å². The van der Waals surface area contributed by atoms with Crippen LogP contribution in [0.3, 0.4) is 0 Å². The Balaban J connectivity index is 2.92. The molecule has 0 saturated heterocycles. The van der Waals surface area contributed by atoms with Gasteiger partial charge in [0, 0.05) is 38.8 Å². The number of amides is 1. The topological polar surface area (TPSA) is 69.7 Å². The minimum absolute atomic E-state index is 0.0382. The number of hydrogen-bond acceptors (Lipinski definition) is 5. The van der Waals surface area contributed by atoms with Crippen molar-refractivity contribution in [2.45, 2.75) is 46.1 Å². The predicted octanol–water partition coefficient (Wildman–Crippen LogP) is 2.60. The number of pyridine rings is 1. The van der Waals surface area contributed by atoms with Gasteiger partial charge in [-0.25, -0.2) is 4.98 Å². The summed E-state index contributed by atoms with van der Waals surface area (Å²) in [4.78, 5) is 15.9. The third-order valence-electron chi connectivity index (χ3n) is 4.13. The molecule has 6 nitrogen and oxygen atoms in total. The quantitative estimate of drug-likeness (QED) is 0.664. The maximum atomic E-state index is 11.5. The second-order valence-corrected chi connectivity index (χ2v) is 6.48. The molecule has 1 atom stereocenters. The standard InChI is InChI=1S/C18H30N2O4/c1-13(2)18(4,20-14(3)21)11-15-10-16(17(23-6)19-12-15)24-9-7-8-22-5/h10,12-13H,7-9,11H2,1-6H3,(H,20,21). The van der Waals surface area contributed by atoms with Gasteiger partial charge in [-0.3, -0.25) is 4.79 Å². The summed E-state index contributed by atoms with van der Waals surface area (Å²) in [5.74, 6) is 1.31. The Morgan fingerprint density at radius 3 is 2.58 bits per heavy atom. The summed E-state index contributed by atoms with van der Waals surface area (Å²) in [6.07, 6.45) is 3.22. The van der Waals surface area contributed by atoms with E-state index in [4.69, 9.17) is 14.2 Å². The first kappa shape index (κ1) is 20.2. The molecule has 0 fully saturated rings. The van der Waals surface area contributed by atoms with Crippen molar-refractivity contribution >= 4 is 5.91 Å². The third kappa shape index (κ3) is 6.00. The summed E-state index contributed by atoms with van der Waals surface area (Å²) < 4.78 is 16.1. The zero-order valence-corrected chi connectivity index (χ0v) is 15.6. The van der Waals surface area contributed by atoms with Gasteiger partial charge >= 0.3 is 0 Å². The van der Waals surface area contributed by atoms with Crippen molar-refractivity contribution in [3.8, 4) is 11.6 Å². The highest BCUT2D eigenvalue weighted by Gasteiger charge is 2.30. The molecule has 0 aromatic carbocycles. The lowest BCUT2D eigenvalue weighted by atomic mass is 9.83. The smallest absolute Gasteiger partial charge is 0.256 e. The van der Waals surface area contributed by atoms with Gasteiger partial charge in [0.1, 0.15) is 0 Å². The van der Waals surface area contributed by atoms with Gasteiger partial charge in [-0.1, -0.05) is 13.8 Å². The molecule has 0 aliphatic rings. The second kappa shape index (κ2) is 9.47. The van der Waals surface area contributed by atoms with Crippen molar-refractivity contribution in [3.63, 3.8) is 0 Å². The molecular formula is C18H30N2O4. The van der Waals surface area contributed by atoms with Gasteiger partial charge < -0.3 is 19.5 Å². The van der Waals surface area contributed by atoms with Gasteiger partial charge in [0.2, 0.25) is 5.91 Å². The molecule has 1 aromatic rings. The van der Waals surface area contributed by atoms with E-state index in [0.29, 0.717) is 31.3 Å². The van der Waals surface area contributed by atoms with Crippen LogP contribution < -0.4 is 14.8 Å². The van der Waals surface area contributed by atoms with Crippen LogP contribution in [0.5, 0.6) is 11.6 Å². The molecule has 24 heavy (non-hydrogen) atoms. The molecule has 0 spiro atoms. The molecule has 0 radical (unpaired) electrons. The highest BCUT2D eigenvalue weighted by atomic mass is 16.5. The Labute approximate surface area is 144 Å². The maximum absolute atomic E-state index is 11.5. The van der Waals surface area contributed by atoms with Gasteiger partial charge in [0.25, 0.3) is 5.88 Å².